The minimum absolute atomic E-state index is 0.000648. The fraction of sp³-hybridized carbons (Fsp3) is 0.600. The van der Waals surface area contributed by atoms with Crippen LogP contribution in [-0.2, 0) is 4.79 Å². The van der Waals surface area contributed by atoms with Gasteiger partial charge < -0.3 is 5.32 Å². The molecule has 1 aromatic heterocycles. The molecule has 0 radical (unpaired) electrons. The minimum Gasteiger partial charge on any atom is -0.354 e. The van der Waals surface area contributed by atoms with Gasteiger partial charge in [0.25, 0.3) is 0 Å². The highest BCUT2D eigenvalue weighted by molar-refractivity contribution is 9.10. The van der Waals surface area contributed by atoms with E-state index in [1.807, 2.05) is 6.92 Å². The molecule has 1 rings (SSSR count). The summed E-state index contributed by atoms with van der Waals surface area (Å²) >= 11 is 3.30. The molecule has 0 fully saturated rings. The molecular weight excluding hydrogens is 258 g/mol. The number of rotatable bonds is 4. The van der Waals surface area contributed by atoms with Crippen molar-refractivity contribution in [2.75, 3.05) is 6.54 Å². The monoisotopic (exact) mass is 273 g/mol. The van der Waals surface area contributed by atoms with E-state index in [2.05, 4.69) is 40.2 Å². The number of nitrogens with one attached hydrogen (secondary N) is 1. The van der Waals surface area contributed by atoms with Crippen LogP contribution in [0.3, 0.4) is 0 Å². The molecular formula is C10H16BrN3O. The Morgan fingerprint density at radius 2 is 2.27 bits per heavy atom. The van der Waals surface area contributed by atoms with Gasteiger partial charge in [0.2, 0.25) is 5.91 Å². The van der Waals surface area contributed by atoms with E-state index in [-0.39, 0.29) is 11.9 Å². The van der Waals surface area contributed by atoms with E-state index in [0.717, 1.165) is 4.47 Å². The predicted molar refractivity (Wildman–Crippen MR) is 62.5 cm³/mol. The first-order valence-corrected chi connectivity index (χ1v) is 5.77. The normalized spacial score (nSPS) is 12.9. The molecule has 4 nitrogen and oxygen atoms in total. The summed E-state index contributed by atoms with van der Waals surface area (Å²) in [4.78, 5) is 11.7. The van der Waals surface area contributed by atoms with Gasteiger partial charge in [-0.05, 0) is 28.8 Å². The maximum Gasteiger partial charge on any atom is 0.244 e. The van der Waals surface area contributed by atoms with Crippen molar-refractivity contribution in [2.24, 2.45) is 5.92 Å². The Labute approximate surface area is 98.2 Å². The predicted octanol–water partition coefficient (Wildman–Crippen LogP) is 1.98. The Morgan fingerprint density at radius 1 is 1.60 bits per heavy atom. The molecule has 5 heteroatoms. The highest BCUT2D eigenvalue weighted by Gasteiger charge is 2.15. The van der Waals surface area contributed by atoms with Gasteiger partial charge >= 0.3 is 0 Å². The first kappa shape index (κ1) is 12.2. The van der Waals surface area contributed by atoms with Gasteiger partial charge in [-0.2, -0.15) is 5.10 Å². The van der Waals surface area contributed by atoms with Crippen LogP contribution in [0.5, 0.6) is 0 Å². The molecule has 0 aromatic carbocycles. The zero-order valence-electron chi connectivity index (χ0n) is 9.20. The Kier molecular flexibility index (Phi) is 4.32. The quantitative estimate of drug-likeness (QED) is 0.912. The summed E-state index contributed by atoms with van der Waals surface area (Å²) in [5.41, 5.74) is 0. The van der Waals surface area contributed by atoms with Crippen LogP contribution < -0.4 is 5.32 Å². The van der Waals surface area contributed by atoms with Gasteiger partial charge in [-0.1, -0.05) is 13.8 Å². The van der Waals surface area contributed by atoms with Crippen LogP contribution >= 0.6 is 15.9 Å². The third-order valence-corrected chi connectivity index (χ3v) is 2.44. The lowest BCUT2D eigenvalue weighted by Crippen LogP contribution is -2.33. The molecule has 1 amide bonds. The topological polar surface area (TPSA) is 46.9 Å². The molecule has 0 aliphatic rings. The molecule has 0 saturated heterocycles. The van der Waals surface area contributed by atoms with Crippen LogP contribution in [-0.4, -0.2) is 22.2 Å². The van der Waals surface area contributed by atoms with Gasteiger partial charge in [0.1, 0.15) is 6.04 Å². The highest BCUT2D eigenvalue weighted by atomic mass is 79.9. The maximum atomic E-state index is 11.7. The summed E-state index contributed by atoms with van der Waals surface area (Å²) in [5, 5.41) is 6.95. The summed E-state index contributed by atoms with van der Waals surface area (Å²) in [6.45, 7) is 6.66. The summed E-state index contributed by atoms with van der Waals surface area (Å²) in [6.07, 6.45) is 3.46. The standard InChI is InChI=1S/C10H16BrN3O/c1-7(2)4-12-10(15)8(3)14-6-9(11)5-13-14/h5-8H,4H2,1-3H3,(H,12,15). The molecule has 1 heterocycles. The van der Waals surface area contributed by atoms with E-state index in [1.165, 1.54) is 0 Å². The fourth-order valence-corrected chi connectivity index (χ4v) is 1.40. The van der Waals surface area contributed by atoms with Crippen LogP contribution in [0, 0.1) is 5.92 Å². The maximum absolute atomic E-state index is 11.7. The number of amides is 1. The molecule has 84 valence electrons. The van der Waals surface area contributed by atoms with Crippen molar-refractivity contribution in [1.29, 1.82) is 0 Å². The lowest BCUT2D eigenvalue weighted by molar-refractivity contribution is -0.124. The largest absolute Gasteiger partial charge is 0.354 e. The van der Waals surface area contributed by atoms with E-state index in [4.69, 9.17) is 0 Å². The number of halogens is 1. The van der Waals surface area contributed by atoms with E-state index < -0.39 is 0 Å². The van der Waals surface area contributed by atoms with Crippen molar-refractivity contribution in [3.8, 4) is 0 Å². The Bertz CT molecular complexity index is 335. The second-order valence-electron chi connectivity index (χ2n) is 3.95. The van der Waals surface area contributed by atoms with Gasteiger partial charge in [-0.3, -0.25) is 9.48 Å². The second kappa shape index (κ2) is 5.30. The van der Waals surface area contributed by atoms with Gasteiger partial charge in [0, 0.05) is 12.7 Å². The third-order valence-electron chi connectivity index (χ3n) is 2.03. The molecule has 1 atom stereocenters. The van der Waals surface area contributed by atoms with E-state index in [0.29, 0.717) is 12.5 Å². The lowest BCUT2D eigenvalue weighted by atomic mass is 10.2. The van der Waals surface area contributed by atoms with Crippen molar-refractivity contribution in [1.82, 2.24) is 15.1 Å². The number of carbonyl (C=O) groups is 1. The van der Waals surface area contributed by atoms with Crippen molar-refractivity contribution < 1.29 is 4.79 Å². The summed E-state index contributed by atoms with van der Waals surface area (Å²) < 4.78 is 2.52. The fourth-order valence-electron chi connectivity index (χ4n) is 1.10. The summed E-state index contributed by atoms with van der Waals surface area (Å²) in [6, 6.07) is -0.268. The van der Waals surface area contributed by atoms with Crippen LogP contribution in [0.1, 0.15) is 26.8 Å². The van der Waals surface area contributed by atoms with Crippen LogP contribution in [0.2, 0.25) is 0 Å². The minimum atomic E-state index is -0.268. The lowest BCUT2D eigenvalue weighted by Gasteiger charge is -2.13. The molecule has 0 spiro atoms. The SMILES string of the molecule is CC(C)CNC(=O)C(C)n1cc(Br)cn1. The molecule has 0 aliphatic carbocycles. The van der Waals surface area contributed by atoms with Gasteiger partial charge in [-0.15, -0.1) is 0 Å². The molecule has 1 unspecified atom stereocenters. The smallest absolute Gasteiger partial charge is 0.244 e. The highest BCUT2D eigenvalue weighted by Crippen LogP contribution is 2.11. The molecule has 15 heavy (non-hydrogen) atoms. The van der Waals surface area contributed by atoms with Crippen molar-refractivity contribution >= 4 is 21.8 Å². The average molecular weight is 274 g/mol. The Balaban J connectivity index is 2.53. The molecule has 1 aromatic rings. The number of hydrogen-bond acceptors (Lipinski definition) is 2. The van der Waals surface area contributed by atoms with E-state index >= 15 is 0 Å². The van der Waals surface area contributed by atoms with Gasteiger partial charge in [0.05, 0.1) is 10.7 Å². The van der Waals surface area contributed by atoms with Crippen LogP contribution in [0.4, 0.5) is 0 Å². The average Bonchev–Trinajstić information content (AvgIpc) is 2.60. The Hall–Kier alpha value is -0.840. The molecule has 0 bridgehead atoms. The van der Waals surface area contributed by atoms with Gasteiger partial charge in [0.15, 0.2) is 0 Å². The van der Waals surface area contributed by atoms with Gasteiger partial charge in [-0.25, -0.2) is 0 Å². The summed E-state index contributed by atoms with van der Waals surface area (Å²) in [5.74, 6) is 0.463. The van der Waals surface area contributed by atoms with Crippen LogP contribution in [0.15, 0.2) is 16.9 Å². The number of hydrogen-bond donors (Lipinski definition) is 1. The molecule has 0 saturated carbocycles. The number of nitrogens with zero attached hydrogens (tertiary/aromatic N) is 2. The first-order chi connectivity index (χ1) is 7.00. The first-order valence-electron chi connectivity index (χ1n) is 4.98. The molecule has 0 aliphatic heterocycles. The van der Waals surface area contributed by atoms with Crippen LogP contribution in [0.25, 0.3) is 0 Å². The zero-order valence-corrected chi connectivity index (χ0v) is 10.8. The second-order valence-corrected chi connectivity index (χ2v) is 4.87. The van der Waals surface area contributed by atoms with Crippen molar-refractivity contribution in [3.05, 3.63) is 16.9 Å². The van der Waals surface area contributed by atoms with E-state index in [9.17, 15) is 4.79 Å². The number of aromatic nitrogens is 2. The van der Waals surface area contributed by atoms with E-state index in [1.54, 1.807) is 17.1 Å². The van der Waals surface area contributed by atoms with Crippen molar-refractivity contribution in [2.45, 2.75) is 26.8 Å². The zero-order chi connectivity index (χ0) is 11.4. The third kappa shape index (κ3) is 3.66. The molecule has 1 N–H and O–H groups in total. The Morgan fingerprint density at radius 3 is 2.73 bits per heavy atom. The van der Waals surface area contributed by atoms with Crippen molar-refractivity contribution in [3.63, 3.8) is 0 Å². The summed E-state index contributed by atoms with van der Waals surface area (Å²) in [7, 11) is 0. The number of carbonyl (C=O) groups excluding carboxylic acids is 1.